The Morgan fingerprint density at radius 1 is 1.22 bits per heavy atom. The van der Waals surface area contributed by atoms with Gasteiger partial charge in [-0.2, -0.15) is 0 Å². The Morgan fingerprint density at radius 3 is 2.53 bits per heavy atom. The van der Waals surface area contributed by atoms with Crippen molar-refractivity contribution in [3.8, 4) is 5.69 Å². The van der Waals surface area contributed by atoms with Crippen LogP contribution in [-0.2, 0) is 9.84 Å². The number of Topliss-reactive ketones (excluding diaryl/α,β-unsaturated/α-hetero) is 1. The fourth-order valence-electron chi connectivity index (χ4n) is 4.68. The van der Waals surface area contributed by atoms with E-state index in [2.05, 4.69) is 0 Å². The van der Waals surface area contributed by atoms with E-state index in [9.17, 15) is 18.0 Å². The number of aromatic nitrogens is 2. The van der Waals surface area contributed by atoms with Gasteiger partial charge >= 0.3 is 5.69 Å². The summed E-state index contributed by atoms with van der Waals surface area (Å²) in [6, 6.07) is 10.1. The van der Waals surface area contributed by atoms with Crippen LogP contribution in [0.2, 0.25) is 0 Å². The monoisotopic (exact) mass is 458 g/mol. The second kappa shape index (κ2) is 7.69. The van der Waals surface area contributed by atoms with Crippen LogP contribution >= 0.6 is 0 Å². The number of aryl methyl sites for hydroxylation is 1. The maximum Gasteiger partial charge on any atom is 0.334 e. The Hall–Kier alpha value is -2.74. The number of nitrogens with zero attached hydrogens (tertiary/aromatic N) is 2. The smallest absolute Gasteiger partial charge is 0.294 e. The molecular formula is C24H27FN2O4S. The van der Waals surface area contributed by atoms with Crippen LogP contribution in [0.25, 0.3) is 16.7 Å². The van der Waals surface area contributed by atoms with Crippen LogP contribution in [0.3, 0.4) is 0 Å². The topological polar surface area (TPSA) is 78.1 Å². The first-order chi connectivity index (χ1) is 14.9. The molecule has 1 saturated heterocycles. The molecule has 4 rings (SSSR count). The van der Waals surface area contributed by atoms with Crippen molar-refractivity contribution in [1.82, 2.24) is 9.13 Å². The third-order valence-electron chi connectivity index (χ3n) is 6.22. The zero-order chi connectivity index (χ0) is 23.4. The zero-order valence-electron chi connectivity index (χ0n) is 18.7. The maximum absolute atomic E-state index is 15.8. The summed E-state index contributed by atoms with van der Waals surface area (Å²) in [5.74, 6) is -1.22. The summed E-state index contributed by atoms with van der Waals surface area (Å²) in [6.07, 6.45) is 0.324. The lowest BCUT2D eigenvalue weighted by Crippen LogP contribution is -2.25. The lowest BCUT2D eigenvalue weighted by atomic mass is 9.83. The van der Waals surface area contributed by atoms with E-state index >= 15 is 4.39 Å². The van der Waals surface area contributed by atoms with Crippen LogP contribution in [-0.4, -0.2) is 34.8 Å². The number of sulfone groups is 1. The highest BCUT2D eigenvalue weighted by Gasteiger charge is 2.40. The molecule has 0 saturated carbocycles. The molecule has 1 atom stereocenters. The highest BCUT2D eigenvalue weighted by Crippen LogP contribution is 2.37. The lowest BCUT2D eigenvalue weighted by molar-refractivity contribution is 0.0930. The van der Waals surface area contributed by atoms with Crippen molar-refractivity contribution in [3.05, 3.63) is 63.8 Å². The summed E-state index contributed by atoms with van der Waals surface area (Å²) in [4.78, 5) is 26.3. The number of fused-ring (bicyclic) bond motifs is 1. The fraction of sp³-hybridized carbons (Fsp3) is 0.417. The van der Waals surface area contributed by atoms with Crippen LogP contribution in [0.5, 0.6) is 0 Å². The Labute approximate surface area is 186 Å². The van der Waals surface area contributed by atoms with E-state index in [-0.39, 0.29) is 40.7 Å². The SMILES string of the molecule is Cc1cccc(-n2c(=O)n(C(C)C)c3c(F)c(C(=O)C[C@@]4(C)CCS(=O)(=O)C4)ccc32)c1. The van der Waals surface area contributed by atoms with Gasteiger partial charge in [0.25, 0.3) is 0 Å². The van der Waals surface area contributed by atoms with Gasteiger partial charge in [-0.05, 0) is 62.4 Å². The summed E-state index contributed by atoms with van der Waals surface area (Å²) in [7, 11) is -3.18. The van der Waals surface area contributed by atoms with Gasteiger partial charge in [0, 0.05) is 12.5 Å². The van der Waals surface area contributed by atoms with Gasteiger partial charge in [0.2, 0.25) is 0 Å². The number of hydrogen-bond acceptors (Lipinski definition) is 4. The molecule has 1 aliphatic rings. The third kappa shape index (κ3) is 3.81. The predicted molar refractivity (Wildman–Crippen MR) is 123 cm³/mol. The van der Waals surface area contributed by atoms with Crippen LogP contribution in [0, 0.1) is 18.2 Å². The van der Waals surface area contributed by atoms with Gasteiger partial charge in [-0.1, -0.05) is 19.1 Å². The van der Waals surface area contributed by atoms with E-state index in [0.717, 1.165) is 5.56 Å². The van der Waals surface area contributed by atoms with Crippen molar-refractivity contribution in [2.45, 2.75) is 46.6 Å². The van der Waals surface area contributed by atoms with Crippen molar-refractivity contribution in [3.63, 3.8) is 0 Å². The molecule has 3 aromatic rings. The van der Waals surface area contributed by atoms with E-state index in [1.165, 1.54) is 15.2 Å². The number of hydrogen-bond donors (Lipinski definition) is 0. The molecule has 1 fully saturated rings. The van der Waals surface area contributed by atoms with Gasteiger partial charge in [-0.25, -0.2) is 17.6 Å². The number of imidazole rings is 1. The maximum atomic E-state index is 15.8. The number of ketones is 1. The summed E-state index contributed by atoms with van der Waals surface area (Å²) in [5, 5.41) is 0. The molecule has 1 aliphatic heterocycles. The fourth-order valence-corrected chi connectivity index (χ4v) is 6.94. The Balaban J connectivity index is 1.86. The van der Waals surface area contributed by atoms with Gasteiger partial charge in [0.1, 0.15) is 5.52 Å². The lowest BCUT2D eigenvalue weighted by Gasteiger charge is -2.21. The van der Waals surface area contributed by atoms with Crippen LogP contribution in [0.4, 0.5) is 4.39 Å². The van der Waals surface area contributed by atoms with Gasteiger partial charge < -0.3 is 0 Å². The Morgan fingerprint density at radius 2 is 1.94 bits per heavy atom. The molecule has 170 valence electrons. The quantitative estimate of drug-likeness (QED) is 0.537. The van der Waals surface area contributed by atoms with Crippen LogP contribution < -0.4 is 5.69 Å². The van der Waals surface area contributed by atoms with Crippen molar-refractivity contribution in [2.24, 2.45) is 5.41 Å². The largest absolute Gasteiger partial charge is 0.334 e. The van der Waals surface area contributed by atoms with Crippen molar-refractivity contribution in [1.29, 1.82) is 0 Å². The van der Waals surface area contributed by atoms with Gasteiger partial charge in [-0.3, -0.25) is 13.9 Å². The molecule has 0 radical (unpaired) electrons. The van der Waals surface area contributed by atoms with E-state index in [1.54, 1.807) is 32.9 Å². The molecule has 2 aromatic carbocycles. The van der Waals surface area contributed by atoms with Crippen molar-refractivity contribution >= 4 is 26.7 Å². The average molecular weight is 459 g/mol. The second-order valence-electron chi connectivity index (χ2n) is 9.47. The van der Waals surface area contributed by atoms with Crippen molar-refractivity contribution < 1.29 is 17.6 Å². The number of halogens is 1. The third-order valence-corrected chi connectivity index (χ3v) is 8.19. The number of carbonyl (C=O) groups excluding carboxylic acids is 1. The molecule has 0 N–H and O–H groups in total. The van der Waals surface area contributed by atoms with E-state index in [0.29, 0.717) is 17.6 Å². The molecule has 8 heteroatoms. The van der Waals surface area contributed by atoms with Crippen LogP contribution in [0.15, 0.2) is 41.2 Å². The molecule has 0 bridgehead atoms. The van der Waals surface area contributed by atoms with Crippen molar-refractivity contribution in [2.75, 3.05) is 11.5 Å². The summed E-state index contributed by atoms with van der Waals surface area (Å²) >= 11 is 0. The highest BCUT2D eigenvalue weighted by molar-refractivity contribution is 7.91. The average Bonchev–Trinajstić information content (AvgIpc) is 3.14. The Bertz CT molecular complexity index is 1400. The first-order valence-electron chi connectivity index (χ1n) is 10.7. The van der Waals surface area contributed by atoms with E-state index in [1.807, 2.05) is 25.1 Å². The van der Waals surface area contributed by atoms with Crippen LogP contribution in [0.1, 0.15) is 55.6 Å². The molecule has 0 spiro atoms. The Kier molecular flexibility index (Phi) is 5.40. The molecule has 2 heterocycles. The predicted octanol–water partition coefficient (Wildman–Crippen LogP) is 4.22. The standard InChI is InChI=1S/C24H27FN2O4S/c1-15(2)26-22-19(27(23(26)29)17-7-5-6-16(3)12-17)9-8-18(21(22)25)20(28)13-24(4)10-11-32(30,31)14-24/h5-9,12,15H,10-11,13-14H2,1-4H3/t24-/m1/s1. The molecule has 6 nitrogen and oxygen atoms in total. The minimum atomic E-state index is -3.18. The van der Waals surface area contributed by atoms with Gasteiger partial charge in [0.05, 0.1) is 28.3 Å². The summed E-state index contributed by atoms with van der Waals surface area (Å²) in [6.45, 7) is 7.25. The molecular weight excluding hydrogens is 431 g/mol. The molecule has 32 heavy (non-hydrogen) atoms. The molecule has 0 aliphatic carbocycles. The van der Waals surface area contributed by atoms with E-state index in [4.69, 9.17) is 0 Å². The van der Waals surface area contributed by atoms with Gasteiger partial charge in [0.15, 0.2) is 21.4 Å². The minimum Gasteiger partial charge on any atom is -0.294 e. The number of rotatable bonds is 5. The van der Waals surface area contributed by atoms with Gasteiger partial charge in [-0.15, -0.1) is 0 Å². The molecule has 0 unspecified atom stereocenters. The summed E-state index contributed by atoms with van der Waals surface area (Å²) in [5.41, 5.74) is 0.868. The zero-order valence-corrected chi connectivity index (χ0v) is 19.5. The second-order valence-corrected chi connectivity index (χ2v) is 11.7. The minimum absolute atomic E-state index is 0.0462. The normalized spacial score (nSPS) is 20.3. The first kappa shape index (κ1) is 22.5. The number of carbonyl (C=O) groups is 1. The highest BCUT2D eigenvalue weighted by atomic mass is 32.2. The number of benzene rings is 2. The van der Waals surface area contributed by atoms with E-state index < -0.39 is 26.9 Å². The first-order valence-corrected chi connectivity index (χ1v) is 12.5. The molecule has 0 amide bonds. The summed E-state index contributed by atoms with van der Waals surface area (Å²) < 4.78 is 42.4. The molecule has 1 aromatic heterocycles.